The van der Waals surface area contributed by atoms with E-state index in [1.807, 2.05) is 0 Å². The van der Waals surface area contributed by atoms with E-state index in [1.54, 1.807) is 6.20 Å². The molecule has 20 heavy (non-hydrogen) atoms. The summed E-state index contributed by atoms with van der Waals surface area (Å²) in [6.45, 7) is 5.55. The van der Waals surface area contributed by atoms with Crippen LogP contribution in [0.5, 0.6) is 0 Å². The molecule has 1 saturated carbocycles. The molecule has 6 heteroatoms. The Morgan fingerprint density at radius 3 is 2.75 bits per heavy atom. The van der Waals surface area contributed by atoms with Gasteiger partial charge in [-0.05, 0) is 41.1 Å². The van der Waals surface area contributed by atoms with Crippen molar-refractivity contribution in [3.8, 4) is 0 Å². The summed E-state index contributed by atoms with van der Waals surface area (Å²) in [4.78, 5) is 11.1. The van der Waals surface area contributed by atoms with Crippen molar-refractivity contribution in [3.63, 3.8) is 0 Å². The molecule has 1 heterocycles. The summed E-state index contributed by atoms with van der Waals surface area (Å²) in [5.41, 5.74) is 2.54. The second kappa shape index (κ2) is 7.22. The zero-order valence-corrected chi connectivity index (χ0v) is 13.9. The van der Waals surface area contributed by atoms with Crippen LogP contribution in [-0.4, -0.2) is 22.6 Å². The SMILES string of the molecule is CC(C)CCN(c1nc(NN)ncc1Br)C1CCCC1. The molecular weight excluding hydrogens is 318 g/mol. The quantitative estimate of drug-likeness (QED) is 0.613. The lowest BCUT2D eigenvalue weighted by atomic mass is 10.1. The molecule has 3 N–H and O–H groups in total. The van der Waals surface area contributed by atoms with Gasteiger partial charge in [0.05, 0.1) is 4.47 Å². The van der Waals surface area contributed by atoms with Gasteiger partial charge in [-0.15, -0.1) is 0 Å². The molecule has 1 aliphatic carbocycles. The minimum atomic E-state index is 0.468. The number of halogens is 1. The summed E-state index contributed by atoms with van der Waals surface area (Å²) in [5.74, 6) is 7.55. The van der Waals surface area contributed by atoms with E-state index in [9.17, 15) is 0 Å². The highest BCUT2D eigenvalue weighted by Gasteiger charge is 2.25. The third-order valence-electron chi connectivity index (χ3n) is 3.84. The van der Waals surface area contributed by atoms with Crippen molar-refractivity contribution in [3.05, 3.63) is 10.7 Å². The van der Waals surface area contributed by atoms with Crippen LogP contribution in [0.1, 0.15) is 46.0 Å². The number of anilines is 2. The predicted octanol–water partition coefficient (Wildman–Crippen LogP) is 3.32. The zero-order chi connectivity index (χ0) is 14.5. The van der Waals surface area contributed by atoms with E-state index >= 15 is 0 Å². The van der Waals surface area contributed by atoms with Crippen molar-refractivity contribution in [2.75, 3.05) is 16.9 Å². The van der Waals surface area contributed by atoms with E-state index in [4.69, 9.17) is 5.84 Å². The number of rotatable bonds is 6. The van der Waals surface area contributed by atoms with E-state index < -0.39 is 0 Å². The summed E-state index contributed by atoms with van der Waals surface area (Å²) >= 11 is 3.58. The molecule has 5 nitrogen and oxygen atoms in total. The Kier molecular flexibility index (Phi) is 5.60. The Morgan fingerprint density at radius 2 is 2.15 bits per heavy atom. The first-order chi connectivity index (χ1) is 9.61. The largest absolute Gasteiger partial charge is 0.353 e. The van der Waals surface area contributed by atoms with Crippen molar-refractivity contribution in [2.24, 2.45) is 11.8 Å². The monoisotopic (exact) mass is 341 g/mol. The summed E-state index contributed by atoms with van der Waals surface area (Å²) < 4.78 is 0.937. The highest BCUT2D eigenvalue weighted by atomic mass is 79.9. The lowest BCUT2D eigenvalue weighted by molar-refractivity contribution is 0.524. The van der Waals surface area contributed by atoms with Crippen LogP contribution >= 0.6 is 15.9 Å². The first-order valence-corrected chi connectivity index (χ1v) is 8.17. The number of hydrogen-bond acceptors (Lipinski definition) is 5. The fourth-order valence-corrected chi connectivity index (χ4v) is 3.12. The molecule has 1 aromatic rings. The van der Waals surface area contributed by atoms with Gasteiger partial charge in [-0.1, -0.05) is 26.7 Å². The minimum Gasteiger partial charge on any atom is -0.353 e. The summed E-state index contributed by atoms with van der Waals surface area (Å²) in [6, 6.07) is 0.588. The topological polar surface area (TPSA) is 67.1 Å². The summed E-state index contributed by atoms with van der Waals surface area (Å²) in [7, 11) is 0. The van der Waals surface area contributed by atoms with E-state index in [2.05, 4.69) is 50.1 Å². The second-order valence-corrected chi connectivity index (χ2v) is 6.68. The molecule has 1 aromatic heterocycles. The van der Waals surface area contributed by atoms with Gasteiger partial charge in [0.2, 0.25) is 5.95 Å². The molecule has 0 saturated heterocycles. The Bertz CT molecular complexity index is 432. The molecule has 0 amide bonds. The van der Waals surface area contributed by atoms with Gasteiger partial charge in [0.1, 0.15) is 5.82 Å². The maximum absolute atomic E-state index is 5.44. The number of nitrogens with two attached hydrogens (primary N) is 1. The Balaban J connectivity index is 2.24. The number of hydrogen-bond donors (Lipinski definition) is 2. The second-order valence-electron chi connectivity index (χ2n) is 5.82. The lowest BCUT2D eigenvalue weighted by Crippen LogP contribution is -2.36. The normalized spacial score (nSPS) is 15.8. The van der Waals surface area contributed by atoms with Gasteiger partial charge < -0.3 is 4.90 Å². The van der Waals surface area contributed by atoms with Crippen LogP contribution < -0.4 is 16.2 Å². The van der Waals surface area contributed by atoms with Crippen LogP contribution in [0.4, 0.5) is 11.8 Å². The third-order valence-corrected chi connectivity index (χ3v) is 4.40. The maximum Gasteiger partial charge on any atom is 0.239 e. The molecule has 1 fully saturated rings. The van der Waals surface area contributed by atoms with Crippen molar-refractivity contribution < 1.29 is 0 Å². The van der Waals surface area contributed by atoms with E-state index in [0.29, 0.717) is 17.9 Å². The van der Waals surface area contributed by atoms with Gasteiger partial charge in [0, 0.05) is 18.8 Å². The smallest absolute Gasteiger partial charge is 0.239 e. The van der Waals surface area contributed by atoms with Crippen molar-refractivity contribution in [1.82, 2.24) is 9.97 Å². The average molecular weight is 342 g/mol. The summed E-state index contributed by atoms with van der Waals surface area (Å²) in [5, 5.41) is 0. The van der Waals surface area contributed by atoms with Crippen molar-refractivity contribution in [2.45, 2.75) is 52.0 Å². The summed E-state index contributed by atoms with van der Waals surface area (Å²) in [6.07, 6.45) is 8.06. The van der Waals surface area contributed by atoms with Crippen LogP contribution in [0.25, 0.3) is 0 Å². The molecule has 0 unspecified atom stereocenters. The van der Waals surface area contributed by atoms with E-state index in [-0.39, 0.29) is 0 Å². The van der Waals surface area contributed by atoms with E-state index in [1.165, 1.54) is 32.1 Å². The van der Waals surface area contributed by atoms with Gasteiger partial charge in [-0.25, -0.2) is 10.8 Å². The van der Waals surface area contributed by atoms with Crippen molar-refractivity contribution in [1.29, 1.82) is 0 Å². The third kappa shape index (κ3) is 3.82. The zero-order valence-electron chi connectivity index (χ0n) is 12.3. The van der Waals surface area contributed by atoms with Crippen LogP contribution in [0.2, 0.25) is 0 Å². The standard InChI is InChI=1S/C14H24BrN5/c1-10(2)7-8-20(11-5-3-4-6-11)13-12(15)9-17-14(18-13)19-16/h9-11H,3-8,16H2,1-2H3,(H,17,18,19). The Morgan fingerprint density at radius 1 is 1.45 bits per heavy atom. The number of hydrazine groups is 1. The highest BCUT2D eigenvalue weighted by Crippen LogP contribution is 2.32. The highest BCUT2D eigenvalue weighted by molar-refractivity contribution is 9.10. The van der Waals surface area contributed by atoms with Crippen molar-refractivity contribution >= 4 is 27.7 Å². The van der Waals surface area contributed by atoms with Gasteiger partial charge in [0.15, 0.2) is 0 Å². The van der Waals surface area contributed by atoms with Crippen LogP contribution in [0, 0.1) is 5.92 Å². The van der Waals surface area contributed by atoms with Crippen LogP contribution in [0.15, 0.2) is 10.7 Å². The maximum atomic E-state index is 5.44. The lowest BCUT2D eigenvalue weighted by Gasteiger charge is -2.31. The molecule has 0 bridgehead atoms. The van der Waals surface area contributed by atoms with Crippen LogP contribution in [0.3, 0.4) is 0 Å². The first kappa shape index (κ1) is 15.5. The van der Waals surface area contributed by atoms with Gasteiger partial charge >= 0.3 is 0 Å². The predicted molar refractivity (Wildman–Crippen MR) is 86.6 cm³/mol. The number of aromatic nitrogens is 2. The molecule has 0 atom stereocenters. The first-order valence-electron chi connectivity index (χ1n) is 7.37. The molecule has 0 radical (unpaired) electrons. The Labute approximate surface area is 129 Å². The van der Waals surface area contributed by atoms with Gasteiger partial charge in [-0.2, -0.15) is 4.98 Å². The average Bonchev–Trinajstić information content (AvgIpc) is 2.94. The minimum absolute atomic E-state index is 0.468. The molecule has 1 aliphatic rings. The molecule has 2 rings (SSSR count). The molecule has 0 aliphatic heterocycles. The Hall–Kier alpha value is -0.880. The number of nitrogens with one attached hydrogen (secondary N) is 1. The fourth-order valence-electron chi connectivity index (χ4n) is 2.70. The molecule has 0 spiro atoms. The molecular formula is C14H24BrN5. The molecule has 0 aromatic carbocycles. The van der Waals surface area contributed by atoms with Gasteiger partial charge in [-0.3, -0.25) is 5.43 Å². The molecule has 112 valence electrons. The van der Waals surface area contributed by atoms with Gasteiger partial charge in [0.25, 0.3) is 0 Å². The van der Waals surface area contributed by atoms with Crippen LogP contribution in [-0.2, 0) is 0 Å². The number of nitrogens with zero attached hydrogens (tertiary/aromatic N) is 3. The fraction of sp³-hybridized carbons (Fsp3) is 0.714. The number of nitrogen functional groups attached to an aromatic ring is 1. The van der Waals surface area contributed by atoms with E-state index in [0.717, 1.165) is 16.8 Å².